The molecule has 0 aromatic carbocycles. The average Bonchev–Trinajstić information content (AvgIpc) is 2.79. The van der Waals surface area contributed by atoms with Crippen molar-refractivity contribution in [2.24, 2.45) is 5.73 Å². The van der Waals surface area contributed by atoms with Crippen LogP contribution >= 0.6 is 12.2 Å². The van der Waals surface area contributed by atoms with Crippen LogP contribution in [0.3, 0.4) is 0 Å². The van der Waals surface area contributed by atoms with E-state index >= 15 is 0 Å². The summed E-state index contributed by atoms with van der Waals surface area (Å²) in [4.78, 5) is 12.5. The highest BCUT2D eigenvalue weighted by Gasteiger charge is 2.19. The molecule has 5 heteroatoms. The SMILES string of the molecule is COCCCn1c2c(cc(C(N)=S)c1=O)CCC2. The van der Waals surface area contributed by atoms with Crippen LogP contribution in [0.15, 0.2) is 10.9 Å². The Kier molecular flexibility index (Phi) is 4.14. The average molecular weight is 266 g/mol. The molecule has 18 heavy (non-hydrogen) atoms. The van der Waals surface area contributed by atoms with Crippen molar-refractivity contribution in [1.82, 2.24) is 4.57 Å². The minimum Gasteiger partial charge on any atom is -0.389 e. The Morgan fingerprint density at radius 3 is 3.00 bits per heavy atom. The van der Waals surface area contributed by atoms with Crippen LogP contribution in [0.1, 0.15) is 29.7 Å². The first-order chi connectivity index (χ1) is 8.65. The first-order valence-electron chi connectivity index (χ1n) is 6.19. The number of nitrogens with zero attached hydrogens (tertiary/aromatic N) is 1. The normalized spacial score (nSPS) is 13.6. The maximum Gasteiger partial charge on any atom is 0.261 e. The van der Waals surface area contributed by atoms with Crippen molar-refractivity contribution in [2.45, 2.75) is 32.2 Å². The van der Waals surface area contributed by atoms with Crippen molar-refractivity contribution in [1.29, 1.82) is 0 Å². The van der Waals surface area contributed by atoms with E-state index in [2.05, 4.69) is 0 Å². The number of nitrogens with two attached hydrogens (primary N) is 1. The molecule has 0 aliphatic heterocycles. The summed E-state index contributed by atoms with van der Waals surface area (Å²) < 4.78 is 6.86. The summed E-state index contributed by atoms with van der Waals surface area (Å²) in [6.07, 6.45) is 3.90. The molecule has 98 valence electrons. The molecule has 4 nitrogen and oxygen atoms in total. The standard InChI is InChI=1S/C13H18N2O2S/c1-17-7-3-6-15-11-5-2-4-9(11)8-10(12(14)18)13(15)16/h8H,2-7H2,1H3,(H2,14,18). The Hall–Kier alpha value is -1.20. The molecule has 1 aromatic rings. The van der Waals surface area contributed by atoms with Gasteiger partial charge in [0.2, 0.25) is 0 Å². The molecule has 0 bridgehead atoms. The van der Waals surface area contributed by atoms with Gasteiger partial charge < -0.3 is 15.0 Å². The van der Waals surface area contributed by atoms with Crippen LogP contribution in [0.2, 0.25) is 0 Å². The molecule has 0 fully saturated rings. The minimum atomic E-state index is -0.0562. The number of hydrogen-bond acceptors (Lipinski definition) is 3. The zero-order valence-electron chi connectivity index (χ0n) is 10.6. The summed E-state index contributed by atoms with van der Waals surface area (Å²) in [5.74, 6) is 0. The largest absolute Gasteiger partial charge is 0.389 e. The second-order valence-electron chi connectivity index (χ2n) is 4.55. The van der Waals surface area contributed by atoms with Crippen LogP contribution in [-0.4, -0.2) is 23.3 Å². The van der Waals surface area contributed by atoms with Crippen molar-refractivity contribution < 1.29 is 4.74 Å². The number of ether oxygens (including phenoxy) is 1. The molecule has 1 aliphatic rings. The Morgan fingerprint density at radius 2 is 2.33 bits per heavy atom. The number of aromatic nitrogens is 1. The zero-order valence-corrected chi connectivity index (χ0v) is 11.4. The van der Waals surface area contributed by atoms with Crippen molar-refractivity contribution >= 4 is 17.2 Å². The molecule has 1 heterocycles. The number of fused-ring (bicyclic) bond motifs is 1. The lowest BCUT2D eigenvalue weighted by atomic mass is 10.1. The van der Waals surface area contributed by atoms with Gasteiger partial charge >= 0.3 is 0 Å². The van der Waals surface area contributed by atoms with Crippen molar-refractivity contribution in [2.75, 3.05) is 13.7 Å². The lowest BCUT2D eigenvalue weighted by Crippen LogP contribution is -2.31. The first kappa shape index (κ1) is 13.2. The number of aryl methyl sites for hydroxylation is 1. The van der Waals surface area contributed by atoms with Crippen molar-refractivity contribution in [3.05, 3.63) is 33.2 Å². The smallest absolute Gasteiger partial charge is 0.261 e. The zero-order chi connectivity index (χ0) is 13.1. The molecule has 0 saturated carbocycles. The van der Waals surface area contributed by atoms with E-state index in [4.69, 9.17) is 22.7 Å². The van der Waals surface area contributed by atoms with Crippen LogP contribution in [0.25, 0.3) is 0 Å². The van der Waals surface area contributed by atoms with Gasteiger partial charge in [-0.15, -0.1) is 0 Å². The molecule has 0 radical (unpaired) electrons. The maximum absolute atomic E-state index is 12.3. The van der Waals surface area contributed by atoms with Gasteiger partial charge in [0.25, 0.3) is 5.56 Å². The van der Waals surface area contributed by atoms with Crippen molar-refractivity contribution in [3.63, 3.8) is 0 Å². The fourth-order valence-electron chi connectivity index (χ4n) is 2.50. The van der Waals surface area contributed by atoms with E-state index in [1.807, 2.05) is 10.6 Å². The van der Waals surface area contributed by atoms with Gasteiger partial charge in [-0.2, -0.15) is 0 Å². The summed E-state index contributed by atoms with van der Waals surface area (Å²) in [7, 11) is 1.67. The fraction of sp³-hybridized carbons (Fsp3) is 0.538. The topological polar surface area (TPSA) is 57.2 Å². The molecule has 1 aromatic heterocycles. The van der Waals surface area contributed by atoms with Gasteiger partial charge in [-0.3, -0.25) is 4.79 Å². The minimum absolute atomic E-state index is 0.0562. The number of pyridine rings is 1. The Labute approximate surface area is 112 Å². The predicted molar refractivity (Wildman–Crippen MR) is 75.1 cm³/mol. The monoisotopic (exact) mass is 266 g/mol. The molecule has 0 saturated heterocycles. The van der Waals surface area contributed by atoms with Crippen molar-refractivity contribution in [3.8, 4) is 0 Å². The van der Waals surface area contributed by atoms with Gasteiger partial charge in [0, 0.05) is 26.0 Å². The highest BCUT2D eigenvalue weighted by molar-refractivity contribution is 7.80. The second-order valence-corrected chi connectivity index (χ2v) is 4.99. The van der Waals surface area contributed by atoms with Gasteiger partial charge in [0.1, 0.15) is 4.99 Å². The van der Waals surface area contributed by atoms with Crippen LogP contribution in [0.5, 0.6) is 0 Å². The molecule has 0 spiro atoms. The van der Waals surface area contributed by atoms with E-state index in [1.54, 1.807) is 7.11 Å². The molecule has 2 rings (SSSR count). The van der Waals surface area contributed by atoms with Crippen LogP contribution < -0.4 is 11.3 Å². The third-order valence-electron chi connectivity index (χ3n) is 3.35. The molecule has 1 aliphatic carbocycles. The second kappa shape index (κ2) is 5.63. The molecule has 0 unspecified atom stereocenters. The Balaban J connectivity index is 2.42. The first-order valence-corrected chi connectivity index (χ1v) is 6.60. The number of thiocarbonyl (C=S) groups is 1. The van der Waals surface area contributed by atoms with E-state index in [0.717, 1.165) is 31.4 Å². The highest BCUT2D eigenvalue weighted by atomic mass is 32.1. The van der Waals surface area contributed by atoms with Crippen LogP contribution in [0, 0.1) is 0 Å². The van der Waals surface area contributed by atoms with Gasteiger partial charge in [-0.1, -0.05) is 12.2 Å². The molecule has 0 amide bonds. The number of hydrogen-bond donors (Lipinski definition) is 1. The van der Waals surface area contributed by atoms with Gasteiger partial charge in [0.05, 0.1) is 5.56 Å². The van der Waals surface area contributed by atoms with E-state index < -0.39 is 0 Å². The maximum atomic E-state index is 12.3. The molecule has 2 N–H and O–H groups in total. The Bertz CT molecular complexity index is 522. The summed E-state index contributed by atoms with van der Waals surface area (Å²) in [6, 6.07) is 1.87. The quantitative estimate of drug-likeness (QED) is 0.638. The predicted octanol–water partition coefficient (Wildman–Crippen LogP) is 1.01. The van der Waals surface area contributed by atoms with Gasteiger partial charge in [-0.05, 0) is 37.3 Å². The molecular formula is C13H18N2O2S. The Morgan fingerprint density at radius 1 is 1.56 bits per heavy atom. The summed E-state index contributed by atoms with van der Waals surface area (Å²) in [5, 5.41) is 0. The molecular weight excluding hydrogens is 248 g/mol. The van der Waals surface area contributed by atoms with Gasteiger partial charge in [0.15, 0.2) is 0 Å². The van der Waals surface area contributed by atoms with E-state index in [0.29, 0.717) is 18.7 Å². The number of rotatable bonds is 5. The summed E-state index contributed by atoms with van der Waals surface area (Å²) in [6.45, 7) is 1.32. The van der Waals surface area contributed by atoms with E-state index in [1.165, 1.54) is 5.56 Å². The van der Waals surface area contributed by atoms with Crippen LogP contribution in [0.4, 0.5) is 0 Å². The third-order valence-corrected chi connectivity index (χ3v) is 3.57. The van der Waals surface area contributed by atoms with E-state index in [9.17, 15) is 4.79 Å². The van der Waals surface area contributed by atoms with Gasteiger partial charge in [-0.25, -0.2) is 0 Å². The summed E-state index contributed by atoms with van der Waals surface area (Å²) in [5.41, 5.74) is 8.41. The van der Waals surface area contributed by atoms with E-state index in [-0.39, 0.29) is 10.5 Å². The molecule has 0 atom stereocenters. The van der Waals surface area contributed by atoms with Crippen LogP contribution in [-0.2, 0) is 24.1 Å². The fourth-order valence-corrected chi connectivity index (χ4v) is 2.65. The summed E-state index contributed by atoms with van der Waals surface area (Å²) >= 11 is 4.96. The number of methoxy groups -OCH3 is 1. The highest BCUT2D eigenvalue weighted by Crippen LogP contribution is 2.21. The third kappa shape index (κ3) is 2.47. The lowest BCUT2D eigenvalue weighted by Gasteiger charge is -2.14. The lowest BCUT2D eigenvalue weighted by molar-refractivity contribution is 0.189.